The molecule has 0 radical (unpaired) electrons. The molecule has 32 heavy (non-hydrogen) atoms. The second kappa shape index (κ2) is 8.20. The summed E-state index contributed by atoms with van der Waals surface area (Å²) in [4.78, 5) is 45.5. The van der Waals surface area contributed by atoms with Crippen LogP contribution in [0.1, 0.15) is 31.2 Å². The molecule has 8 nitrogen and oxygen atoms in total. The molecule has 0 saturated carbocycles. The normalized spacial score (nSPS) is 28.0. The zero-order valence-corrected chi connectivity index (χ0v) is 18.1. The van der Waals surface area contributed by atoms with Gasteiger partial charge in [-0.05, 0) is 25.3 Å². The van der Waals surface area contributed by atoms with E-state index in [0.717, 1.165) is 13.0 Å². The van der Waals surface area contributed by atoms with Crippen LogP contribution < -0.4 is 0 Å². The number of aliphatic hydroxyl groups excluding tert-OH is 1. The maximum absolute atomic E-state index is 14.1. The SMILES string of the molecule is O=C1CCCN1CCCN1C(=O)C2CC(O)CN2C2(CN(Cc3ccccc3F)C2)C1=O. The van der Waals surface area contributed by atoms with Gasteiger partial charge in [0.15, 0.2) is 0 Å². The van der Waals surface area contributed by atoms with E-state index in [4.69, 9.17) is 0 Å². The Labute approximate surface area is 186 Å². The lowest BCUT2D eigenvalue weighted by atomic mass is 9.82. The molecule has 4 aliphatic heterocycles. The molecule has 1 aromatic carbocycles. The predicted molar refractivity (Wildman–Crippen MR) is 113 cm³/mol. The number of fused-ring (bicyclic) bond motifs is 2. The number of carbonyl (C=O) groups is 3. The van der Waals surface area contributed by atoms with E-state index in [1.54, 1.807) is 23.1 Å². The lowest BCUT2D eigenvalue weighted by Gasteiger charge is -2.58. The molecule has 2 unspecified atom stereocenters. The van der Waals surface area contributed by atoms with Gasteiger partial charge in [-0.25, -0.2) is 4.39 Å². The van der Waals surface area contributed by atoms with Crippen LogP contribution in [0.3, 0.4) is 0 Å². The number of likely N-dealkylation sites (tertiary alicyclic amines) is 2. The van der Waals surface area contributed by atoms with Crippen LogP contribution in [-0.2, 0) is 20.9 Å². The fourth-order valence-electron chi connectivity index (χ4n) is 5.74. The third kappa shape index (κ3) is 3.52. The van der Waals surface area contributed by atoms with Crippen molar-refractivity contribution in [3.05, 3.63) is 35.6 Å². The number of halogens is 1. The molecule has 1 N–H and O–H groups in total. The van der Waals surface area contributed by atoms with E-state index in [2.05, 4.69) is 0 Å². The van der Waals surface area contributed by atoms with Crippen molar-refractivity contribution in [2.24, 2.45) is 0 Å². The molecule has 1 spiro atoms. The van der Waals surface area contributed by atoms with Gasteiger partial charge in [0.2, 0.25) is 11.8 Å². The Balaban J connectivity index is 1.29. The highest BCUT2D eigenvalue weighted by Gasteiger charge is 2.64. The van der Waals surface area contributed by atoms with Crippen molar-refractivity contribution in [1.29, 1.82) is 0 Å². The van der Waals surface area contributed by atoms with Crippen molar-refractivity contribution in [3.8, 4) is 0 Å². The monoisotopic (exact) mass is 444 g/mol. The molecule has 9 heteroatoms. The minimum atomic E-state index is -0.856. The van der Waals surface area contributed by atoms with E-state index in [-0.39, 0.29) is 30.1 Å². The second-order valence-corrected chi connectivity index (χ2v) is 9.46. The van der Waals surface area contributed by atoms with Gasteiger partial charge in [0, 0.05) is 57.8 Å². The van der Waals surface area contributed by atoms with E-state index in [1.165, 1.54) is 11.0 Å². The van der Waals surface area contributed by atoms with Crippen LogP contribution in [0.5, 0.6) is 0 Å². The van der Waals surface area contributed by atoms with Gasteiger partial charge in [0.05, 0.1) is 12.1 Å². The summed E-state index contributed by atoms with van der Waals surface area (Å²) in [6, 6.07) is 6.09. The molecular formula is C23H29FN4O4. The first-order valence-corrected chi connectivity index (χ1v) is 11.4. The minimum absolute atomic E-state index is 0.130. The number of carbonyl (C=O) groups excluding carboxylic acids is 3. The lowest BCUT2D eigenvalue weighted by Crippen LogP contribution is -2.81. The minimum Gasteiger partial charge on any atom is -0.392 e. The first kappa shape index (κ1) is 21.5. The van der Waals surface area contributed by atoms with Gasteiger partial charge < -0.3 is 10.0 Å². The van der Waals surface area contributed by atoms with Gasteiger partial charge in [-0.1, -0.05) is 18.2 Å². The topological polar surface area (TPSA) is 84.4 Å². The zero-order valence-electron chi connectivity index (χ0n) is 18.1. The van der Waals surface area contributed by atoms with Crippen molar-refractivity contribution in [3.63, 3.8) is 0 Å². The number of rotatable bonds is 6. The summed E-state index contributed by atoms with van der Waals surface area (Å²) < 4.78 is 14.1. The summed E-state index contributed by atoms with van der Waals surface area (Å²) in [6.45, 7) is 3.05. The summed E-state index contributed by atoms with van der Waals surface area (Å²) in [7, 11) is 0. The quantitative estimate of drug-likeness (QED) is 0.631. The molecule has 2 atom stereocenters. The van der Waals surface area contributed by atoms with Crippen LogP contribution in [0.15, 0.2) is 24.3 Å². The molecule has 1 aromatic rings. The Bertz CT molecular complexity index is 934. The van der Waals surface area contributed by atoms with Gasteiger partial charge in [0.25, 0.3) is 5.91 Å². The van der Waals surface area contributed by atoms with E-state index in [9.17, 15) is 23.9 Å². The maximum atomic E-state index is 14.1. The number of hydrogen-bond acceptors (Lipinski definition) is 6. The molecule has 4 fully saturated rings. The summed E-state index contributed by atoms with van der Waals surface area (Å²) in [5.41, 5.74) is -0.281. The Morgan fingerprint density at radius 3 is 2.62 bits per heavy atom. The molecule has 0 bridgehead atoms. The highest BCUT2D eigenvalue weighted by molar-refractivity contribution is 6.06. The van der Waals surface area contributed by atoms with Gasteiger partial charge in [-0.15, -0.1) is 0 Å². The number of nitrogens with zero attached hydrogens (tertiary/aromatic N) is 4. The smallest absolute Gasteiger partial charge is 0.252 e. The number of piperazine rings is 1. The fourth-order valence-corrected chi connectivity index (χ4v) is 5.74. The summed E-state index contributed by atoms with van der Waals surface area (Å²) in [5.74, 6) is -0.625. The third-order valence-corrected chi connectivity index (χ3v) is 7.33. The van der Waals surface area contributed by atoms with E-state index in [1.807, 2.05) is 9.80 Å². The number of hydrogen-bond donors (Lipinski definition) is 1. The number of β-amino-alcohol motifs (C(OH)–C–C–N with tert-alkyl or cyclic N) is 1. The molecule has 172 valence electrons. The van der Waals surface area contributed by atoms with Crippen LogP contribution >= 0.6 is 0 Å². The van der Waals surface area contributed by atoms with Crippen LogP contribution in [-0.4, -0.2) is 99.4 Å². The molecule has 4 aliphatic rings. The largest absolute Gasteiger partial charge is 0.392 e. The highest BCUT2D eigenvalue weighted by Crippen LogP contribution is 2.41. The van der Waals surface area contributed by atoms with Crippen LogP contribution in [0.2, 0.25) is 0 Å². The highest BCUT2D eigenvalue weighted by atomic mass is 19.1. The number of benzene rings is 1. The average molecular weight is 445 g/mol. The van der Waals surface area contributed by atoms with Crippen molar-refractivity contribution in [2.45, 2.75) is 49.9 Å². The van der Waals surface area contributed by atoms with E-state index >= 15 is 0 Å². The molecule has 0 aliphatic carbocycles. The summed E-state index contributed by atoms with van der Waals surface area (Å²) in [6.07, 6.45) is 1.65. The average Bonchev–Trinajstić information content (AvgIpc) is 3.33. The van der Waals surface area contributed by atoms with E-state index < -0.39 is 17.7 Å². The lowest BCUT2D eigenvalue weighted by molar-refractivity contribution is -0.180. The predicted octanol–water partition coefficient (Wildman–Crippen LogP) is 0.197. The van der Waals surface area contributed by atoms with Crippen molar-refractivity contribution >= 4 is 17.7 Å². The third-order valence-electron chi connectivity index (χ3n) is 7.33. The molecule has 4 heterocycles. The van der Waals surface area contributed by atoms with Crippen molar-refractivity contribution < 1.29 is 23.9 Å². The number of amides is 3. The molecular weight excluding hydrogens is 415 g/mol. The van der Waals surface area contributed by atoms with E-state index in [0.29, 0.717) is 57.5 Å². The Kier molecular flexibility index (Phi) is 5.51. The van der Waals surface area contributed by atoms with Crippen molar-refractivity contribution in [1.82, 2.24) is 19.6 Å². The molecule has 5 rings (SSSR count). The Morgan fingerprint density at radius 2 is 1.91 bits per heavy atom. The van der Waals surface area contributed by atoms with Crippen molar-refractivity contribution in [2.75, 3.05) is 39.3 Å². The van der Waals surface area contributed by atoms with Crippen LogP contribution in [0.25, 0.3) is 0 Å². The molecule has 3 amide bonds. The standard InChI is InChI=1S/C23H29FN4O4/c24-18-6-2-1-5-16(18)12-25-14-23(15-25)22(32)27(10-4-9-26-8-3-7-20(26)30)21(31)19-11-17(29)13-28(19)23/h1-2,5-6,17,19,29H,3-4,7-15H2. The molecule has 0 aromatic heterocycles. The molecule has 4 saturated heterocycles. The Hall–Kier alpha value is -2.36. The van der Waals surface area contributed by atoms with Gasteiger partial charge >= 0.3 is 0 Å². The number of imide groups is 1. The van der Waals surface area contributed by atoms with Crippen LogP contribution in [0.4, 0.5) is 4.39 Å². The van der Waals surface area contributed by atoms with Gasteiger partial charge in [0.1, 0.15) is 11.4 Å². The fraction of sp³-hybridized carbons (Fsp3) is 0.609. The van der Waals surface area contributed by atoms with Crippen LogP contribution in [0, 0.1) is 5.82 Å². The van der Waals surface area contributed by atoms with Gasteiger partial charge in [-0.3, -0.25) is 29.1 Å². The second-order valence-electron chi connectivity index (χ2n) is 9.46. The Morgan fingerprint density at radius 1 is 1.12 bits per heavy atom. The first-order valence-electron chi connectivity index (χ1n) is 11.4. The summed E-state index contributed by atoms with van der Waals surface area (Å²) >= 11 is 0. The number of aliphatic hydroxyl groups is 1. The first-order chi connectivity index (χ1) is 15.4. The summed E-state index contributed by atoms with van der Waals surface area (Å²) in [5, 5.41) is 10.3. The zero-order chi connectivity index (χ0) is 22.5. The maximum Gasteiger partial charge on any atom is 0.252 e. The van der Waals surface area contributed by atoms with Gasteiger partial charge in [-0.2, -0.15) is 0 Å².